The number of phenols is 1. The molecule has 1 N–H and O–H groups in total. The van der Waals surface area contributed by atoms with E-state index in [1.54, 1.807) is 17.0 Å². The number of phenolic OH excluding ortho intramolecular Hbond substituents is 1. The molecule has 1 heterocycles. The molecule has 1 aromatic carbocycles. The van der Waals surface area contributed by atoms with Crippen LogP contribution in [0.25, 0.3) is 6.08 Å². The fraction of sp³-hybridized carbons (Fsp3) is 0.286. The summed E-state index contributed by atoms with van der Waals surface area (Å²) >= 11 is 6.54. The van der Waals surface area contributed by atoms with Crippen LogP contribution in [0.3, 0.4) is 0 Å². The molecular weight excluding hydrogens is 388 g/mol. The Morgan fingerprint density at radius 3 is 2.60 bits per heavy atom. The van der Waals surface area contributed by atoms with E-state index in [2.05, 4.69) is 31.9 Å². The highest BCUT2D eigenvalue weighted by Gasteiger charge is 2.21. The molecule has 1 amide bonds. The maximum absolute atomic E-state index is 12.2. The summed E-state index contributed by atoms with van der Waals surface area (Å²) in [6.45, 7) is 1.37. The summed E-state index contributed by atoms with van der Waals surface area (Å²) in [6, 6.07) is 5.28. The molecule has 104 valence electrons. The van der Waals surface area contributed by atoms with Crippen LogP contribution in [0.2, 0.25) is 0 Å². The number of amides is 1. The first kappa shape index (κ1) is 15.1. The van der Waals surface area contributed by atoms with Gasteiger partial charge in [0.05, 0.1) is 4.47 Å². The van der Waals surface area contributed by atoms with Gasteiger partial charge in [-0.05, 0) is 47.0 Å². The van der Waals surface area contributed by atoms with E-state index in [0.29, 0.717) is 23.1 Å². The SMILES string of the molecule is N#C/C(=C\c1cc(Br)cc(Br)c1O)C(=O)N1CCCC1. The van der Waals surface area contributed by atoms with Crippen molar-refractivity contribution in [3.63, 3.8) is 0 Å². The van der Waals surface area contributed by atoms with E-state index in [-0.39, 0.29) is 17.2 Å². The zero-order valence-corrected chi connectivity index (χ0v) is 13.7. The lowest BCUT2D eigenvalue weighted by Crippen LogP contribution is -2.28. The van der Waals surface area contributed by atoms with E-state index in [1.807, 2.05) is 6.07 Å². The average Bonchev–Trinajstić information content (AvgIpc) is 2.94. The molecule has 1 aliphatic rings. The predicted molar refractivity (Wildman–Crippen MR) is 82.9 cm³/mol. The van der Waals surface area contributed by atoms with Crippen molar-refractivity contribution in [2.45, 2.75) is 12.8 Å². The van der Waals surface area contributed by atoms with Crippen LogP contribution in [-0.2, 0) is 4.79 Å². The number of benzene rings is 1. The smallest absolute Gasteiger partial charge is 0.264 e. The van der Waals surface area contributed by atoms with Crippen molar-refractivity contribution in [1.82, 2.24) is 4.90 Å². The molecule has 0 aromatic heterocycles. The van der Waals surface area contributed by atoms with E-state index in [1.165, 1.54) is 6.08 Å². The molecule has 0 bridgehead atoms. The molecule has 0 aliphatic carbocycles. The third kappa shape index (κ3) is 3.22. The van der Waals surface area contributed by atoms with Crippen molar-refractivity contribution >= 4 is 43.8 Å². The number of likely N-dealkylation sites (tertiary alicyclic amines) is 1. The number of aromatic hydroxyl groups is 1. The zero-order chi connectivity index (χ0) is 14.7. The lowest BCUT2D eigenvalue weighted by Gasteiger charge is -2.14. The van der Waals surface area contributed by atoms with Crippen LogP contribution in [0.1, 0.15) is 18.4 Å². The number of carbonyl (C=O) groups is 1. The van der Waals surface area contributed by atoms with Gasteiger partial charge in [-0.25, -0.2) is 0 Å². The maximum Gasteiger partial charge on any atom is 0.264 e. The summed E-state index contributed by atoms with van der Waals surface area (Å²) in [6.07, 6.45) is 3.36. The highest BCUT2D eigenvalue weighted by molar-refractivity contribution is 9.11. The van der Waals surface area contributed by atoms with Crippen molar-refractivity contribution in [1.29, 1.82) is 5.26 Å². The standard InChI is InChI=1S/C14H12Br2N2O2/c15-11-6-9(13(19)12(16)7-11)5-10(8-17)14(20)18-3-1-2-4-18/h5-7,19H,1-4H2/b10-5+. The second-order valence-electron chi connectivity index (χ2n) is 4.49. The molecule has 2 rings (SSSR count). The molecule has 6 heteroatoms. The van der Waals surface area contributed by atoms with Gasteiger partial charge in [0, 0.05) is 23.1 Å². The normalized spacial score (nSPS) is 15.2. The fourth-order valence-corrected chi connectivity index (χ4v) is 3.34. The average molecular weight is 400 g/mol. The minimum atomic E-state index is -0.277. The Morgan fingerprint density at radius 2 is 2.00 bits per heavy atom. The van der Waals surface area contributed by atoms with E-state index in [0.717, 1.165) is 17.3 Å². The van der Waals surface area contributed by atoms with Gasteiger partial charge >= 0.3 is 0 Å². The number of halogens is 2. The van der Waals surface area contributed by atoms with E-state index < -0.39 is 0 Å². The lowest BCUT2D eigenvalue weighted by molar-refractivity contribution is -0.125. The van der Waals surface area contributed by atoms with Crippen LogP contribution in [-0.4, -0.2) is 29.0 Å². The van der Waals surface area contributed by atoms with Crippen LogP contribution >= 0.6 is 31.9 Å². The second kappa shape index (κ2) is 6.42. The molecule has 1 fully saturated rings. The number of hydrogen-bond acceptors (Lipinski definition) is 3. The molecule has 1 aliphatic heterocycles. The predicted octanol–water partition coefficient (Wildman–Crippen LogP) is 3.45. The van der Waals surface area contributed by atoms with E-state index >= 15 is 0 Å². The first-order chi connectivity index (χ1) is 9.52. The van der Waals surface area contributed by atoms with Gasteiger partial charge in [-0.15, -0.1) is 0 Å². The molecule has 0 unspecified atom stereocenters. The van der Waals surface area contributed by atoms with Gasteiger partial charge in [0.2, 0.25) is 0 Å². The van der Waals surface area contributed by atoms with Gasteiger partial charge in [-0.1, -0.05) is 15.9 Å². The van der Waals surface area contributed by atoms with Crippen molar-refractivity contribution in [3.05, 3.63) is 32.2 Å². The first-order valence-corrected chi connectivity index (χ1v) is 7.70. The van der Waals surface area contributed by atoms with Crippen LogP contribution in [0.4, 0.5) is 0 Å². The highest BCUT2D eigenvalue weighted by Crippen LogP contribution is 2.33. The number of hydrogen-bond donors (Lipinski definition) is 1. The number of nitriles is 1. The van der Waals surface area contributed by atoms with Gasteiger partial charge in [0.1, 0.15) is 17.4 Å². The third-order valence-corrected chi connectivity index (χ3v) is 4.16. The summed E-state index contributed by atoms with van der Waals surface area (Å²) in [5, 5.41) is 19.1. The number of rotatable bonds is 2. The third-order valence-electron chi connectivity index (χ3n) is 3.10. The minimum Gasteiger partial charge on any atom is -0.506 e. The molecule has 0 atom stereocenters. The van der Waals surface area contributed by atoms with E-state index in [9.17, 15) is 15.2 Å². The van der Waals surface area contributed by atoms with Crippen LogP contribution in [0, 0.1) is 11.3 Å². The van der Waals surface area contributed by atoms with Crippen molar-refractivity contribution in [2.24, 2.45) is 0 Å². The summed E-state index contributed by atoms with van der Waals surface area (Å²) in [7, 11) is 0. The lowest BCUT2D eigenvalue weighted by atomic mass is 10.1. The largest absolute Gasteiger partial charge is 0.506 e. The molecule has 4 nitrogen and oxygen atoms in total. The quantitative estimate of drug-likeness (QED) is 0.611. The van der Waals surface area contributed by atoms with Crippen molar-refractivity contribution < 1.29 is 9.90 Å². The Morgan fingerprint density at radius 1 is 1.35 bits per heavy atom. The molecule has 0 saturated carbocycles. The summed E-state index contributed by atoms with van der Waals surface area (Å²) in [5.41, 5.74) is 0.461. The van der Waals surface area contributed by atoms with Gasteiger partial charge in [-0.2, -0.15) is 5.26 Å². The van der Waals surface area contributed by atoms with Gasteiger partial charge in [-0.3, -0.25) is 4.79 Å². The fourth-order valence-electron chi connectivity index (χ4n) is 2.08. The minimum absolute atomic E-state index is 0.00942. The maximum atomic E-state index is 12.2. The van der Waals surface area contributed by atoms with Crippen LogP contribution in [0.5, 0.6) is 5.75 Å². The van der Waals surface area contributed by atoms with Gasteiger partial charge < -0.3 is 10.0 Å². The second-order valence-corrected chi connectivity index (χ2v) is 6.26. The monoisotopic (exact) mass is 398 g/mol. The van der Waals surface area contributed by atoms with Gasteiger partial charge in [0.25, 0.3) is 5.91 Å². The molecule has 1 saturated heterocycles. The Balaban J connectivity index is 2.36. The van der Waals surface area contributed by atoms with E-state index in [4.69, 9.17) is 0 Å². The Hall–Kier alpha value is -1.32. The molecule has 0 radical (unpaired) electrons. The van der Waals surface area contributed by atoms with Crippen LogP contribution in [0.15, 0.2) is 26.7 Å². The summed E-state index contributed by atoms with van der Waals surface area (Å²) in [4.78, 5) is 13.9. The number of nitrogens with zero attached hydrogens (tertiary/aromatic N) is 2. The highest BCUT2D eigenvalue weighted by atomic mass is 79.9. The van der Waals surface area contributed by atoms with Crippen molar-refractivity contribution in [3.8, 4) is 11.8 Å². The van der Waals surface area contributed by atoms with Gasteiger partial charge in [0.15, 0.2) is 0 Å². The molecule has 20 heavy (non-hydrogen) atoms. The van der Waals surface area contributed by atoms with Crippen LogP contribution < -0.4 is 0 Å². The Labute approximate surface area is 133 Å². The Kier molecular flexibility index (Phi) is 4.84. The summed E-state index contributed by atoms with van der Waals surface area (Å²) < 4.78 is 1.25. The zero-order valence-electron chi connectivity index (χ0n) is 10.6. The summed E-state index contributed by atoms with van der Waals surface area (Å²) in [5.74, 6) is -0.268. The molecule has 1 aromatic rings. The van der Waals surface area contributed by atoms with Crippen molar-refractivity contribution in [2.75, 3.05) is 13.1 Å². The molecule has 0 spiro atoms. The topological polar surface area (TPSA) is 64.3 Å². The number of carbonyl (C=O) groups excluding carboxylic acids is 1. The first-order valence-electron chi connectivity index (χ1n) is 6.12. The molecular formula is C14H12Br2N2O2. The Bertz CT molecular complexity index is 614.